The second-order valence-electron chi connectivity index (χ2n) is 4.03. The highest BCUT2D eigenvalue weighted by atomic mass is 79.9. The summed E-state index contributed by atoms with van der Waals surface area (Å²) in [6.07, 6.45) is 0. The molecule has 0 saturated carbocycles. The van der Waals surface area contributed by atoms with Gasteiger partial charge in [-0.15, -0.1) is 0 Å². The first kappa shape index (κ1) is 15.5. The average molecular weight is 335 g/mol. The molecule has 1 aromatic rings. The van der Waals surface area contributed by atoms with Crippen molar-refractivity contribution in [3.63, 3.8) is 0 Å². The molecule has 1 aromatic carbocycles. The van der Waals surface area contributed by atoms with Crippen molar-refractivity contribution in [2.24, 2.45) is 0 Å². The number of benzene rings is 1. The van der Waals surface area contributed by atoms with Crippen LogP contribution in [0.4, 0.5) is 0 Å². The van der Waals surface area contributed by atoms with Gasteiger partial charge in [-0.1, -0.05) is 33.6 Å². The zero-order chi connectivity index (χ0) is 13.7. The smallest absolute Gasteiger partial charge is 0.322 e. The van der Waals surface area contributed by atoms with Crippen LogP contribution in [0.2, 0.25) is 5.02 Å². The average Bonchev–Trinajstić information content (AvgIpc) is 2.28. The number of carbonyl (C=O) groups excluding carboxylic acids is 1. The van der Waals surface area contributed by atoms with Crippen LogP contribution in [0.1, 0.15) is 32.4 Å². The van der Waals surface area contributed by atoms with Gasteiger partial charge in [0, 0.05) is 15.5 Å². The highest BCUT2D eigenvalue weighted by molar-refractivity contribution is 9.10. The standard InChI is InChI=1S/C13H17BrClNO2/c1-4-18-13(17)9(3)16-8(2)11-6-5-10(14)7-12(11)15/h5-9,16H,4H2,1-3H3. The summed E-state index contributed by atoms with van der Waals surface area (Å²) in [6.45, 7) is 5.92. The first-order valence-electron chi connectivity index (χ1n) is 5.83. The zero-order valence-corrected chi connectivity index (χ0v) is 13.0. The molecule has 0 bridgehead atoms. The van der Waals surface area contributed by atoms with Gasteiger partial charge in [-0.25, -0.2) is 0 Å². The molecule has 18 heavy (non-hydrogen) atoms. The fourth-order valence-corrected chi connectivity index (χ4v) is 2.49. The summed E-state index contributed by atoms with van der Waals surface area (Å²) in [5, 5.41) is 3.83. The Morgan fingerprint density at radius 1 is 1.50 bits per heavy atom. The fourth-order valence-electron chi connectivity index (χ4n) is 1.65. The number of esters is 1. The molecule has 2 atom stereocenters. The van der Waals surface area contributed by atoms with Crippen LogP contribution >= 0.6 is 27.5 Å². The van der Waals surface area contributed by atoms with Crippen LogP contribution < -0.4 is 5.32 Å². The van der Waals surface area contributed by atoms with Gasteiger partial charge >= 0.3 is 5.97 Å². The lowest BCUT2D eigenvalue weighted by Crippen LogP contribution is -2.37. The quantitative estimate of drug-likeness (QED) is 0.834. The molecule has 2 unspecified atom stereocenters. The predicted octanol–water partition coefficient (Wildman–Crippen LogP) is 3.70. The molecule has 0 aliphatic carbocycles. The normalized spacial score (nSPS) is 14.1. The van der Waals surface area contributed by atoms with Crippen molar-refractivity contribution < 1.29 is 9.53 Å². The van der Waals surface area contributed by atoms with E-state index in [1.54, 1.807) is 13.8 Å². The number of hydrogen-bond donors (Lipinski definition) is 1. The molecule has 0 amide bonds. The van der Waals surface area contributed by atoms with Crippen LogP contribution in [0.15, 0.2) is 22.7 Å². The van der Waals surface area contributed by atoms with Gasteiger partial charge in [0.05, 0.1) is 6.61 Å². The molecule has 1 rings (SSSR count). The third-order valence-electron chi connectivity index (χ3n) is 2.57. The van der Waals surface area contributed by atoms with E-state index in [1.165, 1.54) is 0 Å². The predicted molar refractivity (Wildman–Crippen MR) is 76.8 cm³/mol. The SMILES string of the molecule is CCOC(=O)C(C)NC(C)c1ccc(Br)cc1Cl. The van der Waals surface area contributed by atoms with Crippen LogP contribution in [-0.4, -0.2) is 18.6 Å². The number of ether oxygens (including phenoxy) is 1. The van der Waals surface area contributed by atoms with E-state index >= 15 is 0 Å². The van der Waals surface area contributed by atoms with Crippen molar-refractivity contribution in [1.82, 2.24) is 5.32 Å². The minimum absolute atomic E-state index is 0.0231. The Bertz CT molecular complexity index is 425. The van der Waals surface area contributed by atoms with Gasteiger partial charge in [-0.05, 0) is 38.5 Å². The fraction of sp³-hybridized carbons (Fsp3) is 0.462. The monoisotopic (exact) mass is 333 g/mol. The number of carbonyl (C=O) groups is 1. The lowest BCUT2D eigenvalue weighted by Gasteiger charge is -2.20. The first-order chi connectivity index (χ1) is 8.45. The number of hydrogen-bond acceptors (Lipinski definition) is 3. The molecule has 0 fully saturated rings. The van der Waals surface area contributed by atoms with Crippen molar-refractivity contribution >= 4 is 33.5 Å². The minimum Gasteiger partial charge on any atom is -0.465 e. The molecule has 0 saturated heterocycles. The molecule has 3 nitrogen and oxygen atoms in total. The molecule has 0 aliphatic rings. The Labute approximate surface area is 121 Å². The third kappa shape index (κ3) is 4.26. The second kappa shape index (κ2) is 7.12. The van der Waals surface area contributed by atoms with E-state index in [1.807, 2.05) is 25.1 Å². The van der Waals surface area contributed by atoms with Crippen molar-refractivity contribution in [3.05, 3.63) is 33.3 Å². The summed E-state index contributed by atoms with van der Waals surface area (Å²) in [7, 11) is 0. The van der Waals surface area contributed by atoms with Gasteiger partial charge in [0.25, 0.3) is 0 Å². The van der Waals surface area contributed by atoms with Crippen LogP contribution in [0.3, 0.4) is 0 Å². The van der Waals surface area contributed by atoms with Crippen molar-refractivity contribution in [3.8, 4) is 0 Å². The Hall–Kier alpha value is -0.580. The number of nitrogens with one attached hydrogen (secondary N) is 1. The molecule has 0 spiro atoms. The third-order valence-corrected chi connectivity index (χ3v) is 3.39. The van der Waals surface area contributed by atoms with Crippen molar-refractivity contribution in [2.45, 2.75) is 32.9 Å². The second-order valence-corrected chi connectivity index (χ2v) is 5.35. The molecule has 0 radical (unpaired) electrons. The van der Waals surface area contributed by atoms with Gasteiger partial charge in [0.15, 0.2) is 0 Å². The maximum Gasteiger partial charge on any atom is 0.322 e. The minimum atomic E-state index is -0.361. The molecule has 100 valence electrons. The van der Waals surface area contributed by atoms with E-state index in [0.29, 0.717) is 11.6 Å². The lowest BCUT2D eigenvalue weighted by atomic mass is 10.1. The van der Waals surface area contributed by atoms with Gasteiger partial charge < -0.3 is 4.74 Å². The first-order valence-corrected chi connectivity index (χ1v) is 7.00. The van der Waals surface area contributed by atoms with Gasteiger partial charge in [0.2, 0.25) is 0 Å². The summed E-state index contributed by atoms with van der Waals surface area (Å²) in [5.41, 5.74) is 0.955. The van der Waals surface area contributed by atoms with Crippen molar-refractivity contribution in [2.75, 3.05) is 6.61 Å². The van der Waals surface area contributed by atoms with Gasteiger partial charge in [-0.2, -0.15) is 0 Å². The summed E-state index contributed by atoms with van der Waals surface area (Å²) < 4.78 is 5.88. The molecule has 1 N–H and O–H groups in total. The Balaban J connectivity index is 2.70. The lowest BCUT2D eigenvalue weighted by molar-refractivity contribution is -0.145. The molecule has 0 heterocycles. The topological polar surface area (TPSA) is 38.3 Å². The Kier molecular flexibility index (Phi) is 6.12. The Morgan fingerprint density at radius 3 is 2.72 bits per heavy atom. The summed E-state index contributed by atoms with van der Waals surface area (Å²) in [5.74, 6) is -0.252. The molecule has 0 aliphatic heterocycles. The van der Waals surface area contributed by atoms with E-state index in [9.17, 15) is 4.79 Å². The van der Waals surface area contributed by atoms with E-state index in [0.717, 1.165) is 10.0 Å². The van der Waals surface area contributed by atoms with Crippen LogP contribution in [0.5, 0.6) is 0 Å². The molecule has 5 heteroatoms. The molecular formula is C13H17BrClNO2. The Morgan fingerprint density at radius 2 is 2.17 bits per heavy atom. The van der Waals surface area contributed by atoms with E-state index in [-0.39, 0.29) is 18.1 Å². The van der Waals surface area contributed by atoms with E-state index in [4.69, 9.17) is 16.3 Å². The number of rotatable bonds is 5. The van der Waals surface area contributed by atoms with Crippen LogP contribution in [-0.2, 0) is 9.53 Å². The largest absolute Gasteiger partial charge is 0.465 e. The summed E-state index contributed by atoms with van der Waals surface area (Å²) in [4.78, 5) is 11.5. The zero-order valence-electron chi connectivity index (χ0n) is 10.7. The van der Waals surface area contributed by atoms with E-state index in [2.05, 4.69) is 21.2 Å². The molecular weight excluding hydrogens is 318 g/mol. The maximum atomic E-state index is 11.5. The van der Waals surface area contributed by atoms with Gasteiger partial charge in [0.1, 0.15) is 6.04 Å². The molecule has 0 aromatic heterocycles. The summed E-state index contributed by atoms with van der Waals surface area (Å²) >= 11 is 9.52. The number of halogens is 2. The highest BCUT2D eigenvalue weighted by Crippen LogP contribution is 2.26. The summed E-state index contributed by atoms with van der Waals surface area (Å²) in [6, 6.07) is 5.31. The van der Waals surface area contributed by atoms with Crippen LogP contribution in [0.25, 0.3) is 0 Å². The maximum absolute atomic E-state index is 11.5. The van der Waals surface area contributed by atoms with E-state index < -0.39 is 0 Å². The van der Waals surface area contributed by atoms with Crippen LogP contribution in [0, 0.1) is 0 Å². The van der Waals surface area contributed by atoms with Gasteiger partial charge in [-0.3, -0.25) is 10.1 Å². The van der Waals surface area contributed by atoms with Crippen molar-refractivity contribution in [1.29, 1.82) is 0 Å². The highest BCUT2D eigenvalue weighted by Gasteiger charge is 2.18.